The van der Waals surface area contributed by atoms with E-state index < -0.39 is 41.3 Å². The first kappa shape index (κ1) is 22.6. The molecule has 0 heterocycles. The van der Waals surface area contributed by atoms with Crippen molar-refractivity contribution in [3.8, 4) is 11.1 Å². The summed E-state index contributed by atoms with van der Waals surface area (Å²) >= 11 is 6.49. The van der Waals surface area contributed by atoms with Gasteiger partial charge in [0, 0.05) is 17.2 Å². The molecule has 0 aliphatic heterocycles. The predicted octanol–water partition coefficient (Wildman–Crippen LogP) is 5.50. The first-order chi connectivity index (χ1) is 13.3. The number of carbonyl (C=O) groups is 2. The fraction of sp³-hybridized carbons (Fsp3) is 0.333. The lowest BCUT2D eigenvalue weighted by Crippen LogP contribution is -2.47. The van der Waals surface area contributed by atoms with Gasteiger partial charge in [0.2, 0.25) is 0 Å². The molecule has 0 spiro atoms. The molecule has 1 atom stereocenters. The van der Waals surface area contributed by atoms with Gasteiger partial charge in [-0.05, 0) is 45.4 Å². The lowest BCUT2D eigenvalue weighted by atomic mass is 9.86. The summed E-state index contributed by atoms with van der Waals surface area (Å²) in [7, 11) is 0. The first-order valence-corrected chi connectivity index (χ1v) is 9.17. The quantitative estimate of drug-likeness (QED) is 0.663. The number of hydrogen-bond acceptors (Lipinski definition) is 3. The maximum Gasteiger partial charge on any atom is 0.408 e. The molecular formula is C21H22ClF2NO4. The van der Waals surface area contributed by atoms with Crippen LogP contribution in [0, 0.1) is 11.6 Å². The number of alkyl carbamates (subject to hydrolysis) is 1. The second-order valence-corrected chi connectivity index (χ2v) is 8.20. The van der Waals surface area contributed by atoms with Crippen LogP contribution in [0.4, 0.5) is 13.6 Å². The number of hydrogen-bond donors (Lipinski definition) is 2. The highest BCUT2D eigenvalue weighted by Gasteiger charge is 2.35. The van der Waals surface area contributed by atoms with E-state index in [9.17, 15) is 23.5 Å². The van der Waals surface area contributed by atoms with Gasteiger partial charge in [0.1, 0.15) is 17.2 Å². The Labute approximate surface area is 172 Å². The van der Waals surface area contributed by atoms with Gasteiger partial charge >= 0.3 is 12.1 Å². The summed E-state index contributed by atoms with van der Waals surface area (Å²) in [5.74, 6) is -2.73. The highest BCUT2D eigenvalue weighted by atomic mass is 35.5. The minimum absolute atomic E-state index is 0.0396. The van der Waals surface area contributed by atoms with Crippen molar-refractivity contribution >= 4 is 23.7 Å². The summed E-state index contributed by atoms with van der Waals surface area (Å²) in [5.41, 5.74) is -1.69. The van der Waals surface area contributed by atoms with E-state index in [-0.39, 0.29) is 21.7 Å². The van der Waals surface area contributed by atoms with E-state index in [1.54, 1.807) is 26.8 Å². The fourth-order valence-corrected chi connectivity index (χ4v) is 3.35. The Kier molecular flexibility index (Phi) is 6.53. The molecule has 5 nitrogen and oxygen atoms in total. The second-order valence-electron chi connectivity index (χ2n) is 7.82. The molecule has 0 aliphatic rings. The van der Waals surface area contributed by atoms with Gasteiger partial charge in [0.15, 0.2) is 0 Å². The van der Waals surface area contributed by atoms with Gasteiger partial charge in [-0.2, -0.15) is 0 Å². The van der Waals surface area contributed by atoms with Gasteiger partial charge in [0.05, 0.1) is 17.0 Å². The molecule has 2 aromatic rings. The smallest absolute Gasteiger partial charge is 0.408 e. The lowest BCUT2D eigenvalue weighted by Gasteiger charge is -2.32. The largest absolute Gasteiger partial charge is 0.481 e. The Balaban J connectivity index is 2.54. The third kappa shape index (κ3) is 5.67. The van der Waals surface area contributed by atoms with Gasteiger partial charge in [0.25, 0.3) is 0 Å². The third-order valence-corrected chi connectivity index (χ3v) is 4.50. The van der Waals surface area contributed by atoms with Crippen LogP contribution in [0.2, 0.25) is 5.02 Å². The summed E-state index contributed by atoms with van der Waals surface area (Å²) < 4.78 is 32.8. The van der Waals surface area contributed by atoms with Crippen LogP contribution in [0.5, 0.6) is 0 Å². The number of carbonyl (C=O) groups excluding carboxylic acids is 1. The summed E-state index contributed by atoms with van der Waals surface area (Å²) in [6.07, 6.45) is -1.32. The van der Waals surface area contributed by atoms with E-state index in [0.717, 1.165) is 12.1 Å². The standard InChI is InChI=1S/C21H22ClF2NO4/c1-20(2,3)29-19(28)25-21(4,11-17(26)27)15-7-5-6-14(18(15)22)13-9-8-12(23)10-16(13)24/h5-10H,11H2,1-4H3,(H,25,28)(H,26,27). The number of carboxylic acids is 1. The van der Waals surface area contributed by atoms with Crippen LogP contribution in [0.15, 0.2) is 36.4 Å². The minimum Gasteiger partial charge on any atom is -0.481 e. The maximum atomic E-state index is 14.3. The Morgan fingerprint density at radius 3 is 2.31 bits per heavy atom. The molecule has 0 fully saturated rings. The molecule has 0 saturated carbocycles. The molecule has 156 valence electrons. The Hall–Kier alpha value is -2.67. The number of benzene rings is 2. The number of carboxylic acid groups (broad SMARTS) is 1. The number of ether oxygens (including phenoxy) is 1. The summed E-state index contributed by atoms with van der Waals surface area (Å²) in [6.45, 7) is 6.50. The molecule has 1 amide bonds. The summed E-state index contributed by atoms with van der Waals surface area (Å²) in [6, 6.07) is 7.68. The molecular weight excluding hydrogens is 404 g/mol. The van der Waals surface area contributed by atoms with Crippen molar-refractivity contribution < 1.29 is 28.2 Å². The van der Waals surface area contributed by atoms with Crippen molar-refractivity contribution in [3.05, 3.63) is 58.6 Å². The van der Waals surface area contributed by atoms with Crippen LogP contribution in [-0.4, -0.2) is 22.8 Å². The summed E-state index contributed by atoms with van der Waals surface area (Å²) in [5, 5.41) is 12.0. The molecule has 0 aromatic heterocycles. The molecule has 0 aliphatic carbocycles. The summed E-state index contributed by atoms with van der Waals surface area (Å²) in [4.78, 5) is 23.8. The average molecular weight is 426 g/mol. The Morgan fingerprint density at radius 2 is 1.76 bits per heavy atom. The minimum atomic E-state index is -1.45. The first-order valence-electron chi connectivity index (χ1n) is 8.80. The van der Waals surface area contributed by atoms with Gasteiger partial charge in [-0.1, -0.05) is 29.8 Å². The normalized spacial score (nSPS) is 13.5. The second kappa shape index (κ2) is 8.37. The zero-order chi connectivity index (χ0) is 22.0. The maximum absolute atomic E-state index is 14.3. The van der Waals surface area contributed by atoms with E-state index in [1.165, 1.54) is 25.1 Å². The van der Waals surface area contributed by atoms with Crippen molar-refractivity contribution in [2.75, 3.05) is 0 Å². The van der Waals surface area contributed by atoms with Gasteiger partial charge < -0.3 is 15.2 Å². The number of nitrogens with one attached hydrogen (secondary N) is 1. The molecule has 29 heavy (non-hydrogen) atoms. The van der Waals surface area contributed by atoms with Crippen molar-refractivity contribution in [1.29, 1.82) is 0 Å². The van der Waals surface area contributed by atoms with E-state index in [1.807, 2.05) is 0 Å². The molecule has 0 bridgehead atoms. The molecule has 0 saturated heterocycles. The number of aliphatic carboxylic acids is 1. The van der Waals surface area contributed by atoms with Crippen LogP contribution in [-0.2, 0) is 15.1 Å². The van der Waals surface area contributed by atoms with Crippen LogP contribution in [0.3, 0.4) is 0 Å². The van der Waals surface area contributed by atoms with Gasteiger partial charge in [-0.3, -0.25) is 4.79 Å². The van der Waals surface area contributed by atoms with Gasteiger partial charge in [-0.15, -0.1) is 0 Å². The third-order valence-electron chi connectivity index (χ3n) is 4.10. The number of halogens is 3. The Morgan fingerprint density at radius 1 is 1.10 bits per heavy atom. The molecule has 2 N–H and O–H groups in total. The highest BCUT2D eigenvalue weighted by Crippen LogP contribution is 2.38. The molecule has 1 unspecified atom stereocenters. The monoisotopic (exact) mass is 425 g/mol. The fourth-order valence-electron chi connectivity index (χ4n) is 2.91. The lowest BCUT2D eigenvalue weighted by molar-refractivity contribution is -0.138. The molecule has 8 heteroatoms. The zero-order valence-corrected chi connectivity index (χ0v) is 17.2. The van der Waals surface area contributed by atoms with Crippen LogP contribution in [0.25, 0.3) is 11.1 Å². The van der Waals surface area contributed by atoms with Crippen LogP contribution < -0.4 is 5.32 Å². The molecule has 0 radical (unpaired) electrons. The van der Waals surface area contributed by atoms with Crippen molar-refractivity contribution in [2.45, 2.75) is 45.3 Å². The molecule has 2 aromatic carbocycles. The van der Waals surface area contributed by atoms with E-state index in [4.69, 9.17) is 16.3 Å². The predicted molar refractivity (Wildman–Crippen MR) is 106 cm³/mol. The van der Waals surface area contributed by atoms with E-state index >= 15 is 0 Å². The number of amides is 1. The molecule has 2 rings (SSSR count). The van der Waals surface area contributed by atoms with E-state index in [2.05, 4.69) is 5.32 Å². The average Bonchev–Trinajstić information content (AvgIpc) is 2.52. The zero-order valence-electron chi connectivity index (χ0n) is 16.5. The topological polar surface area (TPSA) is 75.6 Å². The van der Waals surface area contributed by atoms with Crippen molar-refractivity contribution in [2.24, 2.45) is 0 Å². The SMILES string of the molecule is CC(C)(C)OC(=O)NC(C)(CC(=O)O)c1cccc(-c2ccc(F)cc2F)c1Cl. The highest BCUT2D eigenvalue weighted by molar-refractivity contribution is 6.34. The van der Waals surface area contributed by atoms with E-state index in [0.29, 0.717) is 0 Å². The van der Waals surface area contributed by atoms with Crippen molar-refractivity contribution in [1.82, 2.24) is 5.32 Å². The van der Waals surface area contributed by atoms with Crippen LogP contribution >= 0.6 is 11.6 Å². The van der Waals surface area contributed by atoms with Crippen LogP contribution in [0.1, 0.15) is 39.7 Å². The Bertz CT molecular complexity index is 943. The van der Waals surface area contributed by atoms with Crippen molar-refractivity contribution in [3.63, 3.8) is 0 Å². The van der Waals surface area contributed by atoms with Gasteiger partial charge in [-0.25, -0.2) is 13.6 Å². The number of rotatable bonds is 5.